The molecule has 134 valence electrons. The molecule has 1 heterocycles. The summed E-state index contributed by atoms with van der Waals surface area (Å²) in [6.45, 7) is -0.500. The summed E-state index contributed by atoms with van der Waals surface area (Å²) in [6.07, 6.45) is 2.01. The second-order valence-electron chi connectivity index (χ2n) is 5.70. The molecule has 0 aliphatic carbocycles. The summed E-state index contributed by atoms with van der Waals surface area (Å²) in [4.78, 5) is 17.4. The normalized spacial score (nSPS) is 10.9. The molecule has 7 heteroatoms. The molecule has 4 nitrogen and oxygen atoms in total. The molecule has 3 aromatic rings. The number of nitrogens with two attached hydrogens (primary N) is 1. The molecule has 1 aromatic heterocycles. The molecule has 0 aliphatic heterocycles. The lowest BCUT2D eigenvalue weighted by Crippen LogP contribution is -2.14. The van der Waals surface area contributed by atoms with Gasteiger partial charge in [0.25, 0.3) is 0 Å². The van der Waals surface area contributed by atoms with Crippen molar-refractivity contribution >= 4 is 45.9 Å². The van der Waals surface area contributed by atoms with Crippen molar-refractivity contribution in [2.75, 3.05) is 12.0 Å². The first-order valence-corrected chi connectivity index (χ1v) is 9.25. The average Bonchev–Trinajstić information content (AvgIpc) is 2.63. The van der Waals surface area contributed by atoms with E-state index in [4.69, 9.17) is 16.7 Å². The van der Waals surface area contributed by atoms with Gasteiger partial charge >= 0.3 is 0 Å². The van der Waals surface area contributed by atoms with Crippen molar-refractivity contribution in [1.29, 1.82) is 0 Å². The Bertz CT molecular complexity index is 951. The Morgan fingerprint density at radius 1 is 1.23 bits per heavy atom. The third-order valence-corrected chi connectivity index (χ3v) is 4.94. The van der Waals surface area contributed by atoms with Crippen LogP contribution in [0, 0.1) is 0 Å². The van der Waals surface area contributed by atoms with Gasteiger partial charge in [0.2, 0.25) is 5.91 Å². The number of carbonyl (C=O) groups excluding carboxylic acids is 1. The summed E-state index contributed by atoms with van der Waals surface area (Å²) < 4.78 is 12.8. The fourth-order valence-corrected chi connectivity index (χ4v) is 3.49. The molecule has 0 radical (unpaired) electrons. The predicted octanol–water partition coefficient (Wildman–Crippen LogP) is 4.55. The van der Waals surface area contributed by atoms with E-state index in [-0.39, 0.29) is 18.7 Å². The SMILES string of the molecule is NSc1cc(NC(=O)Cc2ccccc2Cl)cc2c(CCF)nccc12. The van der Waals surface area contributed by atoms with Gasteiger partial charge < -0.3 is 5.32 Å². The summed E-state index contributed by atoms with van der Waals surface area (Å²) in [6, 6.07) is 12.7. The molecular formula is C19H17ClFN3OS. The van der Waals surface area contributed by atoms with Crippen molar-refractivity contribution in [1.82, 2.24) is 4.98 Å². The Balaban J connectivity index is 1.91. The molecule has 0 fully saturated rings. The van der Waals surface area contributed by atoms with Crippen LogP contribution in [0.2, 0.25) is 5.02 Å². The van der Waals surface area contributed by atoms with Crippen molar-refractivity contribution in [3.63, 3.8) is 0 Å². The van der Waals surface area contributed by atoms with Crippen LogP contribution in [-0.2, 0) is 17.6 Å². The molecular weight excluding hydrogens is 373 g/mol. The van der Waals surface area contributed by atoms with Crippen molar-refractivity contribution in [2.45, 2.75) is 17.7 Å². The quantitative estimate of drug-likeness (QED) is 0.607. The van der Waals surface area contributed by atoms with Gasteiger partial charge in [-0.1, -0.05) is 29.8 Å². The van der Waals surface area contributed by atoms with E-state index in [1.807, 2.05) is 24.3 Å². The first kappa shape index (κ1) is 18.6. The number of alkyl halides is 1. The van der Waals surface area contributed by atoms with E-state index in [1.165, 1.54) is 0 Å². The second kappa shape index (κ2) is 8.49. The van der Waals surface area contributed by atoms with Crippen molar-refractivity contribution in [3.8, 4) is 0 Å². The van der Waals surface area contributed by atoms with E-state index in [0.29, 0.717) is 16.4 Å². The summed E-state index contributed by atoms with van der Waals surface area (Å²) in [7, 11) is 0. The van der Waals surface area contributed by atoms with E-state index in [0.717, 1.165) is 33.2 Å². The number of aromatic nitrogens is 1. The summed E-state index contributed by atoms with van der Waals surface area (Å²) >= 11 is 7.19. The third kappa shape index (κ3) is 4.15. The van der Waals surface area contributed by atoms with Crippen LogP contribution in [0.3, 0.4) is 0 Å². The van der Waals surface area contributed by atoms with Gasteiger partial charge in [0.1, 0.15) is 0 Å². The maximum Gasteiger partial charge on any atom is 0.228 e. The summed E-state index contributed by atoms with van der Waals surface area (Å²) in [5, 5.41) is 10.9. The number of aryl methyl sites for hydroxylation is 1. The number of nitrogens with one attached hydrogen (secondary N) is 1. The highest BCUT2D eigenvalue weighted by Gasteiger charge is 2.12. The lowest BCUT2D eigenvalue weighted by Gasteiger charge is -2.12. The molecule has 0 atom stereocenters. The van der Waals surface area contributed by atoms with Crippen LogP contribution in [0.1, 0.15) is 11.3 Å². The number of fused-ring (bicyclic) bond motifs is 1. The lowest BCUT2D eigenvalue weighted by molar-refractivity contribution is -0.115. The molecule has 1 amide bonds. The third-order valence-electron chi connectivity index (χ3n) is 3.98. The lowest BCUT2D eigenvalue weighted by atomic mass is 10.1. The van der Waals surface area contributed by atoms with Gasteiger partial charge in [-0.05, 0) is 41.8 Å². The molecule has 26 heavy (non-hydrogen) atoms. The van der Waals surface area contributed by atoms with Gasteiger partial charge in [0.15, 0.2) is 0 Å². The van der Waals surface area contributed by atoms with Crippen LogP contribution < -0.4 is 10.5 Å². The second-order valence-corrected chi connectivity index (χ2v) is 6.78. The number of anilines is 1. The fraction of sp³-hybridized carbons (Fsp3) is 0.158. The fourth-order valence-electron chi connectivity index (χ4n) is 2.79. The van der Waals surface area contributed by atoms with Crippen LogP contribution in [0.5, 0.6) is 0 Å². The molecule has 0 unspecified atom stereocenters. The molecule has 0 saturated carbocycles. The highest BCUT2D eigenvalue weighted by Crippen LogP contribution is 2.31. The standard InChI is InChI=1S/C19H17ClFN3OS/c20-16-4-2-1-3-12(16)9-19(25)24-13-10-15-14(18(11-13)26-22)6-8-23-17(15)5-7-21/h1-4,6,8,10-11H,5,7,9,22H2,(H,24,25). The molecule has 0 bridgehead atoms. The predicted molar refractivity (Wildman–Crippen MR) is 105 cm³/mol. The number of benzene rings is 2. The first-order chi connectivity index (χ1) is 12.6. The van der Waals surface area contributed by atoms with Gasteiger partial charge in [0.05, 0.1) is 18.8 Å². The minimum absolute atomic E-state index is 0.160. The van der Waals surface area contributed by atoms with Gasteiger partial charge in [-0.2, -0.15) is 0 Å². The minimum Gasteiger partial charge on any atom is -0.326 e. The first-order valence-electron chi connectivity index (χ1n) is 8.00. The summed E-state index contributed by atoms with van der Waals surface area (Å²) in [5.74, 6) is -0.193. The Kier molecular flexibility index (Phi) is 6.08. The summed E-state index contributed by atoms with van der Waals surface area (Å²) in [5.41, 5.74) is 1.98. The smallest absolute Gasteiger partial charge is 0.228 e. The van der Waals surface area contributed by atoms with E-state index in [1.54, 1.807) is 24.4 Å². The van der Waals surface area contributed by atoms with Crippen LogP contribution in [-0.4, -0.2) is 17.6 Å². The minimum atomic E-state index is -0.500. The maximum atomic E-state index is 12.8. The van der Waals surface area contributed by atoms with E-state index in [2.05, 4.69) is 10.3 Å². The highest BCUT2D eigenvalue weighted by atomic mass is 35.5. The molecule has 0 spiro atoms. The Hall–Kier alpha value is -2.15. The van der Waals surface area contributed by atoms with Gasteiger partial charge in [0, 0.05) is 39.0 Å². The van der Waals surface area contributed by atoms with Crippen LogP contribution in [0.4, 0.5) is 10.1 Å². The van der Waals surface area contributed by atoms with Crippen molar-refractivity contribution in [2.24, 2.45) is 5.14 Å². The van der Waals surface area contributed by atoms with Crippen LogP contribution >= 0.6 is 23.5 Å². The number of rotatable bonds is 6. The van der Waals surface area contributed by atoms with E-state index in [9.17, 15) is 9.18 Å². The monoisotopic (exact) mass is 389 g/mol. The van der Waals surface area contributed by atoms with Crippen LogP contribution in [0.15, 0.2) is 53.6 Å². The number of nitrogens with zero attached hydrogens (tertiary/aromatic N) is 1. The molecule has 3 rings (SSSR count). The Morgan fingerprint density at radius 3 is 2.77 bits per heavy atom. The van der Waals surface area contributed by atoms with Gasteiger partial charge in [-0.15, -0.1) is 0 Å². The number of halogens is 2. The topological polar surface area (TPSA) is 68.0 Å². The zero-order valence-electron chi connectivity index (χ0n) is 13.8. The number of pyridine rings is 1. The number of amides is 1. The zero-order chi connectivity index (χ0) is 18.5. The Labute approximate surface area is 160 Å². The Morgan fingerprint density at radius 2 is 2.04 bits per heavy atom. The van der Waals surface area contributed by atoms with Gasteiger partial charge in [-0.25, -0.2) is 0 Å². The van der Waals surface area contributed by atoms with Crippen molar-refractivity contribution < 1.29 is 9.18 Å². The maximum absolute atomic E-state index is 12.8. The molecule has 2 aromatic carbocycles. The number of carbonyl (C=O) groups is 1. The van der Waals surface area contributed by atoms with Crippen LogP contribution in [0.25, 0.3) is 10.8 Å². The molecule has 0 saturated heterocycles. The number of hydrogen-bond donors (Lipinski definition) is 2. The van der Waals surface area contributed by atoms with Crippen molar-refractivity contribution in [3.05, 3.63) is 64.9 Å². The van der Waals surface area contributed by atoms with Gasteiger partial charge in [-0.3, -0.25) is 19.3 Å². The number of hydrogen-bond acceptors (Lipinski definition) is 4. The highest BCUT2D eigenvalue weighted by molar-refractivity contribution is 7.97. The zero-order valence-corrected chi connectivity index (χ0v) is 15.4. The largest absolute Gasteiger partial charge is 0.326 e. The van der Waals surface area contributed by atoms with E-state index < -0.39 is 6.67 Å². The van der Waals surface area contributed by atoms with E-state index >= 15 is 0 Å². The molecule has 0 aliphatic rings. The molecule has 3 N–H and O–H groups in total. The average molecular weight is 390 g/mol.